The summed E-state index contributed by atoms with van der Waals surface area (Å²) < 4.78 is 1.81. The molecule has 2 rings (SSSR count). The van der Waals surface area contributed by atoms with E-state index in [9.17, 15) is 4.79 Å². The number of rotatable bonds is 6. The number of urea groups is 1. The molecule has 2 aromatic rings. The fourth-order valence-corrected chi connectivity index (χ4v) is 2.95. The third-order valence-electron chi connectivity index (χ3n) is 3.09. The third kappa shape index (κ3) is 4.80. The van der Waals surface area contributed by atoms with Crippen LogP contribution in [-0.4, -0.2) is 27.6 Å². The average molecular weight is 318 g/mol. The van der Waals surface area contributed by atoms with Crippen LogP contribution in [0.2, 0.25) is 0 Å². The number of thioether (sulfide) groups is 1. The van der Waals surface area contributed by atoms with E-state index in [1.54, 1.807) is 18.0 Å². The van der Waals surface area contributed by atoms with Gasteiger partial charge in [-0.25, -0.2) is 4.79 Å². The van der Waals surface area contributed by atoms with Crippen molar-refractivity contribution in [3.8, 4) is 0 Å². The van der Waals surface area contributed by atoms with E-state index in [1.807, 2.05) is 42.1 Å². The summed E-state index contributed by atoms with van der Waals surface area (Å²) in [5.41, 5.74) is 1.94. The number of anilines is 1. The first-order chi connectivity index (χ1) is 10.6. The first kappa shape index (κ1) is 16.4. The molecule has 1 heterocycles. The van der Waals surface area contributed by atoms with Gasteiger partial charge in [0.1, 0.15) is 0 Å². The minimum absolute atomic E-state index is 0.182. The number of carbonyl (C=O) groups excluding carboxylic acids is 1. The zero-order valence-electron chi connectivity index (χ0n) is 13.2. The number of aryl methyl sites for hydroxylation is 1. The summed E-state index contributed by atoms with van der Waals surface area (Å²) in [6.07, 6.45) is 2.51. The minimum Gasteiger partial charge on any atom is -0.337 e. The van der Waals surface area contributed by atoms with Gasteiger partial charge in [0, 0.05) is 42.0 Å². The predicted octanol–water partition coefficient (Wildman–Crippen LogP) is 3.28. The van der Waals surface area contributed by atoms with E-state index < -0.39 is 0 Å². The smallest absolute Gasteiger partial charge is 0.319 e. The zero-order valence-corrected chi connectivity index (χ0v) is 14.0. The molecule has 0 saturated heterocycles. The van der Waals surface area contributed by atoms with E-state index in [0.29, 0.717) is 11.8 Å². The van der Waals surface area contributed by atoms with E-state index >= 15 is 0 Å². The van der Waals surface area contributed by atoms with Gasteiger partial charge < -0.3 is 10.6 Å². The lowest BCUT2D eigenvalue weighted by atomic mass is 10.3. The third-order valence-corrected chi connectivity index (χ3v) is 4.17. The molecule has 0 saturated carbocycles. The molecule has 2 amide bonds. The number of nitrogens with zero attached hydrogens (tertiary/aromatic N) is 2. The Bertz CT molecular complexity index is 624. The summed E-state index contributed by atoms with van der Waals surface area (Å²) >= 11 is 1.74. The van der Waals surface area contributed by atoms with Crippen molar-refractivity contribution in [2.75, 3.05) is 11.9 Å². The highest BCUT2D eigenvalue weighted by Crippen LogP contribution is 2.29. The Kier molecular flexibility index (Phi) is 5.89. The minimum atomic E-state index is -0.182. The number of nitrogens with one attached hydrogen (secondary N) is 2. The average Bonchev–Trinajstić information content (AvgIpc) is 2.86. The second kappa shape index (κ2) is 7.89. The molecule has 6 heteroatoms. The Hall–Kier alpha value is -1.95. The highest BCUT2D eigenvalue weighted by Gasteiger charge is 2.08. The van der Waals surface area contributed by atoms with Crippen LogP contribution in [0.25, 0.3) is 0 Å². The molecule has 5 nitrogen and oxygen atoms in total. The summed E-state index contributed by atoms with van der Waals surface area (Å²) in [7, 11) is 1.90. The van der Waals surface area contributed by atoms with Crippen molar-refractivity contribution in [3.63, 3.8) is 0 Å². The zero-order chi connectivity index (χ0) is 15.9. The Balaban J connectivity index is 1.85. The summed E-state index contributed by atoms with van der Waals surface area (Å²) in [4.78, 5) is 13.1. The molecular weight excluding hydrogens is 296 g/mol. The van der Waals surface area contributed by atoms with Gasteiger partial charge in [-0.15, -0.1) is 11.8 Å². The number of hydrogen-bond acceptors (Lipinski definition) is 3. The van der Waals surface area contributed by atoms with Crippen LogP contribution in [0.4, 0.5) is 10.5 Å². The van der Waals surface area contributed by atoms with Crippen LogP contribution in [0.5, 0.6) is 0 Å². The van der Waals surface area contributed by atoms with E-state index in [0.717, 1.165) is 22.7 Å². The van der Waals surface area contributed by atoms with Crippen LogP contribution >= 0.6 is 11.8 Å². The van der Waals surface area contributed by atoms with Crippen molar-refractivity contribution in [1.29, 1.82) is 0 Å². The van der Waals surface area contributed by atoms with Gasteiger partial charge in [-0.05, 0) is 18.2 Å². The van der Waals surface area contributed by atoms with Gasteiger partial charge in [0.15, 0.2) is 0 Å². The molecular formula is C16H22N4OS. The molecule has 0 radical (unpaired) electrons. The molecule has 0 bridgehead atoms. The normalized spacial score (nSPS) is 10.7. The van der Waals surface area contributed by atoms with Crippen molar-refractivity contribution >= 4 is 23.5 Å². The first-order valence-corrected chi connectivity index (χ1v) is 8.21. The number of hydrogen-bond donors (Lipinski definition) is 2. The maximum Gasteiger partial charge on any atom is 0.319 e. The lowest BCUT2D eigenvalue weighted by molar-refractivity contribution is 0.252. The van der Waals surface area contributed by atoms with Gasteiger partial charge in [-0.3, -0.25) is 4.68 Å². The molecule has 0 aliphatic rings. The van der Waals surface area contributed by atoms with Crippen LogP contribution in [0, 0.1) is 0 Å². The van der Waals surface area contributed by atoms with Crippen LogP contribution in [0.3, 0.4) is 0 Å². The largest absolute Gasteiger partial charge is 0.337 e. The summed E-state index contributed by atoms with van der Waals surface area (Å²) in [5.74, 6) is 0. The van der Waals surface area contributed by atoms with Gasteiger partial charge in [0.25, 0.3) is 0 Å². The molecule has 0 atom stereocenters. The molecule has 0 unspecified atom stereocenters. The molecule has 1 aromatic heterocycles. The summed E-state index contributed by atoms with van der Waals surface area (Å²) in [6, 6.07) is 9.63. The number of benzene rings is 1. The maximum absolute atomic E-state index is 12.0. The molecule has 0 aliphatic carbocycles. The first-order valence-electron chi connectivity index (χ1n) is 7.33. The van der Waals surface area contributed by atoms with Crippen LogP contribution < -0.4 is 10.6 Å². The lowest BCUT2D eigenvalue weighted by Crippen LogP contribution is -2.31. The van der Waals surface area contributed by atoms with Gasteiger partial charge in [0.05, 0.1) is 5.69 Å². The fraction of sp³-hybridized carbons (Fsp3) is 0.375. The number of para-hydroxylation sites is 1. The number of carbonyl (C=O) groups is 1. The van der Waals surface area contributed by atoms with Crippen molar-refractivity contribution in [3.05, 3.63) is 42.2 Å². The fourth-order valence-electron chi connectivity index (χ4n) is 2.04. The van der Waals surface area contributed by atoms with E-state index in [2.05, 4.69) is 29.6 Å². The second-order valence-corrected chi connectivity index (χ2v) is 6.86. The standard InChI is InChI=1S/C16H22N4OS/c1-12(2)22-15-7-5-4-6-14(15)19-16(21)17-10-8-13-9-11-18-20(13)3/h4-7,9,11-12H,8,10H2,1-3H3,(H2,17,19,21). The summed E-state index contributed by atoms with van der Waals surface area (Å²) in [6.45, 7) is 4.84. The highest BCUT2D eigenvalue weighted by molar-refractivity contribution is 8.00. The molecule has 22 heavy (non-hydrogen) atoms. The summed E-state index contributed by atoms with van der Waals surface area (Å²) in [5, 5.41) is 10.4. The van der Waals surface area contributed by atoms with E-state index in [-0.39, 0.29) is 6.03 Å². The monoisotopic (exact) mass is 318 g/mol. The molecule has 0 spiro atoms. The van der Waals surface area contributed by atoms with Gasteiger partial charge in [0.2, 0.25) is 0 Å². The maximum atomic E-state index is 12.0. The molecule has 2 N–H and O–H groups in total. The molecule has 1 aromatic carbocycles. The quantitative estimate of drug-likeness (QED) is 0.804. The highest BCUT2D eigenvalue weighted by atomic mass is 32.2. The Morgan fingerprint density at radius 1 is 1.32 bits per heavy atom. The predicted molar refractivity (Wildman–Crippen MR) is 91.4 cm³/mol. The molecule has 118 valence electrons. The van der Waals surface area contributed by atoms with Gasteiger partial charge in [-0.2, -0.15) is 5.10 Å². The Labute approximate surface area is 135 Å². The van der Waals surface area contributed by atoms with Crippen molar-refractivity contribution in [2.24, 2.45) is 7.05 Å². The molecule has 0 aliphatic heterocycles. The topological polar surface area (TPSA) is 59.0 Å². The van der Waals surface area contributed by atoms with Crippen molar-refractivity contribution in [1.82, 2.24) is 15.1 Å². The van der Waals surface area contributed by atoms with Gasteiger partial charge in [-0.1, -0.05) is 26.0 Å². The SMILES string of the molecule is CC(C)Sc1ccccc1NC(=O)NCCc1ccnn1C. The number of amides is 2. The second-order valence-electron chi connectivity index (χ2n) is 5.24. The van der Waals surface area contributed by atoms with Crippen molar-refractivity contribution in [2.45, 2.75) is 30.4 Å². The number of aromatic nitrogens is 2. The Morgan fingerprint density at radius 2 is 2.09 bits per heavy atom. The van der Waals surface area contributed by atoms with E-state index in [1.165, 1.54) is 0 Å². The van der Waals surface area contributed by atoms with Crippen molar-refractivity contribution < 1.29 is 4.79 Å². The molecule has 0 fully saturated rings. The Morgan fingerprint density at radius 3 is 2.77 bits per heavy atom. The van der Waals surface area contributed by atoms with E-state index in [4.69, 9.17) is 0 Å². The lowest BCUT2D eigenvalue weighted by Gasteiger charge is -2.13. The van der Waals surface area contributed by atoms with Crippen LogP contribution in [-0.2, 0) is 13.5 Å². The van der Waals surface area contributed by atoms with Crippen LogP contribution in [0.15, 0.2) is 41.4 Å². The van der Waals surface area contributed by atoms with Gasteiger partial charge >= 0.3 is 6.03 Å². The van der Waals surface area contributed by atoms with Crippen LogP contribution in [0.1, 0.15) is 19.5 Å².